The Labute approximate surface area is 151 Å². The third kappa shape index (κ3) is 4.38. The maximum Gasteiger partial charge on any atom is 0.416 e. The van der Waals surface area contributed by atoms with Gasteiger partial charge in [-0.3, -0.25) is 9.69 Å². The Hall–Kier alpha value is -1.60. The van der Waals surface area contributed by atoms with E-state index < -0.39 is 11.7 Å². The van der Waals surface area contributed by atoms with Crippen LogP contribution in [0.2, 0.25) is 0 Å². The van der Waals surface area contributed by atoms with Crippen LogP contribution >= 0.6 is 0 Å². The van der Waals surface area contributed by atoms with E-state index >= 15 is 0 Å². The molecule has 0 saturated carbocycles. The van der Waals surface area contributed by atoms with Crippen LogP contribution in [-0.2, 0) is 17.5 Å². The van der Waals surface area contributed by atoms with Crippen molar-refractivity contribution in [2.75, 3.05) is 32.8 Å². The smallest absolute Gasteiger partial charge is 0.395 e. The van der Waals surface area contributed by atoms with Gasteiger partial charge < -0.3 is 10.0 Å². The van der Waals surface area contributed by atoms with E-state index in [1.165, 1.54) is 0 Å². The number of halogens is 3. The highest BCUT2D eigenvalue weighted by atomic mass is 19.4. The van der Waals surface area contributed by atoms with Gasteiger partial charge >= 0.3 is 6.18 Å². The van der Waals surface area contributed by atoms with Crippen molar-refractivity contribution in [2.24, 2.45) is 5.41 Å². The van der Waals surface area contributed by atoms with Gasteiger partial charge in [0.05, 0.1) is 12.2 Å². The van der Waals surface area contributed by atoms with Gasteiger partial charge in [0.15, 0.2) is 0 Å². The van der Waals surface area contributed by atoms with Gasteiger partial charge in [-0.2, -0.15) is 13.2 Å². The number of carbonyl (C=O) groups is 1. The van der Waals surface area contributed by atoms with Crippen LogP contribution in [0.3, 0.4) is 0 Å². The second kappa shape index (κ2) is 7.56. The van der Waals surface area contributed by atoms with Crippen LogP contribution in [0.25, 0.3) is 0 Å². The molecule has 0 radical (unpaired) electrons. The van der Waals surface area contributed by atoms with Crippen molar-refractivity contribution in [3.63, 3.8) is 0 Å². The summed E-state index contributed by atoms with van der Waals surface area (Å²) in [4.78, 5) is 16.0. The van der Waals surface area contributed by atoms with E-state index in [1.807, 2.05) is 0 Å². The van der Waals surface area contributed by atoms with Crippen molar-refractivity contribution in [1.29, 1.82) is 0 Å². The van der Waals surface area contributed by atoms with E-state index in [0.29, 0.717) is 26.1 Å². The lowest BCUT2D eigenvalue weighted by Crippen LogP contribution is -2.54. The zero-order valence-electron chi connectivity index (χ0n) is 14.8. The minimum atomic E-state index is -4.31. The number of hydrogen-bond donors (Lipinski definition) is 1. The Morgan fingerprint density at radius 3 is 2.50 bits per heavy atom. The summed E-state index contributed by atoms with van der Waals surface area (Å²) in [7, 11) is 0. The molecule has 1 amide bonds. The number of β-amino-alcohol motifs (C(OH)–C–C–N with tert-alkyl or cyclic N) is 1. The van der Waals surface area contributed by atoms with Gasteiger partial charge in [0.25, 0.3) is 0 Å². The molecule has 3 rings (SSSR count). The van der Waals surface area contributed by atoms with E-state index in [9.17, 15) is 18.0 Å². The average molecular weight is 370 g/mol. The average Bonchev–Trinajstić information content (AvgIpc) is 2.59. The highest BCUT2D eigenvalue weighted by Gasteiger charge is 2.41. The molecule has 0 unspecified atom stereocenters. The molecule has 0 aliphatic carbocycles. The van der Waals surface area contributed by atoms with E-state index in [0.717, 1.165) is 50.0 Å². The summed E-state index contributed by atoms with van der Waals surface area (Å²) in [5.74, 6) is 0.101. The van der Waals surface area contributed by atoms with Gasteiger partial charge in [-0.15, -0.1) is 0 Å². The number of aliphatic hydroxyl groups excluding tert-OH is 1. The molecule has 1 spiro atoms. The van der Waals surface area contributed by atoms with Gasteiger partial charge in [0.1, 0.15) is 0 Å². The van der Waals surface area contributed by atoms with Crippen LogP contribution in [0.1, 0.15) is 36.8 Å². The monoisotopic (exact) mass is 370 g/mol. The van der Waals surface area contributed by atoms with Gasteiger partial charge in [-0.1, -0.05) is 12.1 Å². The molecule has 1 N–H and O–H groups in total. The van der Waals surface area contributed by atoms with Crippen molar-refractivity contribution in [1.82, 2.24) is 9.80 Å². The van der Waals surface area contributed by atoms with Crippen molar-refractivity contribution in [3.05, 3.63) is 35.4 Å². The number of piperidine rings is 2. The van der Waals surface area contributed by atoms with Crippen LogP contribution < -0.4 is 0 Å². The zero-order valence-corrected chi connectivity index (χ0v) is 14.8. The summed E-state index contributed by atoms with van der Waals surface area (Å²) >= 11 is 0. The summed E-state index contributed by atoms with van der Waals surface area (Å²) in [6, 6.07) is 5.37. The lowest BCUT2D eigenvalue weighted by Gasteiger charge is -2.48. The maximum atomic E-state index is 12.7. The van der Waals surface area contributed by atoms with Crippen LogP contribution in [0.5, 0.6) is 0 Å². The standard InChI is InChI=1S/C19H25F3N2O2/c20-19(21,22)16-4-2-15(3-5-16)12-23-9-1-7-18(13-23)8-6-17(26)24(14-18)10-11-25/h2-5,25H,1,6-14H2/t18-/m0/s1. The molecular formula is C19H25F3N2O2. The lowest BCUT2D eigenvalue weighted by molar-refractivity contribution is -0.140. The Bertz CT molecular complexity index is 633. The Morgan fingerprint density at radius 1 is 1.12 bits per heavy atom. The molecule has 0 aromatic heterocycles. The molecule has 1 atom stereocenters. The summed E-state index contributed by atoms with van der Waals surface area (Å²) in [5.41, 5.74) is 0.281. The van der Waals surface area contributed by atoms with Gasteiger partial charge in [0, 0.05) is 38.0 Å². The molecule has 4 nitrogen and oxygen atoms in total. The summed E-state index contributed by atoms with van der Waals surface area (Å²) in [6.07, 6.45) is -0.891. The molecule has 144 valence electrons. The summed E-state index contributed by atoms with van der Waals surface area (Å²) in [6.45, 7) is 3.38. The first kappa shape index (κ1) is 19.2. The molecule has 2 aliphatic rings. The molecule has 1 aromatic carbocycles. The Balaban J connectivity index is 1.64. The third-order valence-electron chi connectivity index (χ3n) is 5.55. The van der Waals surface area contributed by atoms with E-state index in [2.05, 4.69) is 4.90 Å². The molecule has 0 bridgehead atoms. The number of benzene rings is 1. The molecule has 2 aliphatic heterocycles. The highest BCUT2D eigenvalue weighted by Crippen LogP contribution is 2.39. The SMILES string of the molecule is O=C1CC[C@]2(CCCN(Cc3ccc(C(F)(F)F)cc3)C2)CN1CCO. The molecule has 2 fully saturated rings. The van der Waals surface area contributed by atoms with E-state index in [1.54, 1.807) is 17.0 Å². The maximum absolute atomic E-state index is 12.7. The number of rotatable bonds is 4. The van der Waals surface area contributed by atoms with Gasteiger partial charge in [0.2, 0.25) is 5.91 Å². The van der Waals surface area contributed by atoms with Crippen molar-refractivity contribution < 1.29 is 23.1 Å². The molecule has 7 heteroatoms. The van der Waals surface area contributed by atoms with Gasteiger partial charge in [-0.25, -0.2) is 0 Å². The minimum absolute atomic E-state index is 0.0307. The zero-order chi connectivity index (χ0) is 18.8. The van der Waals surface area contributed by atoms with Crippen molar-refractivity contribution in [2.45, 2.75) is 38.4 Å². The fourth-order valence-corrected chi connectivity index (χ4v) is 4.26. The number of hydrogen-bond acceptors (Lipinski definition) is 3. The number of likely N-dealkylation sites (tertiary alicyclic amines) is 2. The fourth-order valence-electron chi connectivity index (χ4n) is 4.26. The van der Waals surface area contributed by atoms with Gasteiger partial charge in [-0.05, 0) is 43.5 Å². The Kier molecular flexibility index (Phi) is 5.58. The first-order valence-electron chi connectivity index (χ1n) is 9.08. The van der Waals surface area contributed by atoms with E-state index in [4.69, 9.17) is 5.11 Å². The molecule has 2 heterocycles. The first-order chi connectivity index (χ1) is 12.3. The number of nitrogens with zero attached hydrogens (tertiary/aromatic N) is 2. The second-order valence-electron chi connectivity index (χ2n) is 7.55. The number of alkyl halides is 3. The predicted molar refractivity (Wildman–Crippen MR) is 91.3 cm³/mol. The normalized spacial score (nSPS) is 25.1. The van der Waals surface area contributed by atoms with Crippen LogP contribution in [0.4, 0.5) is 13.2 Å². The first-order valence-corrected chi connectivity index (χ1v) is 9.08. The van der Waals surface area contributed by atoms with E-state index in [-0.39, 0.29) is 17.9 Å². The highest BCUT2D eigenvalue weighted by molar-refractivity contribution is 5.77. The Morgan fingerprint density at radius 2 is 1.85 bits per heavy atom. The third-order valence-corrected chi connectivity index (χ3v) is 5.55. The molecular weight excluding hydrogens is 345 g/mol. The predicted octanol–water partition coefficient (Wildman–Crippen LogP) is 2.90. The summed E-state index contributed by atoms with van der Waals surface area (Å²) < 4.78 is 38.1. The molecule has 2 saturated heterocycles. The lowest BCUT2D eigenvalue weighted by atomic mass is 9.73. The van der Waals surface area contributed by atoms with Crippen LogP contribution in [-0.4, -0.2) is 53.6 Å². The molecule has 26 heavy (non-hydrogen) atoms. The topological polar surface area (TPSA) is 43.8 Å². The van der Waals surface area contributed by atoms with Crippen molar-refractivity contribution >= 4 is 5.91 Å². The number of aliphatic hydroxyl groups is 1. The second-order valence-corrected chi connectivity index (χ2v) is 7.55. The number of carbonyl (C=O) groups excluding carboxylic acids is 1. The largest absolute Gasteiger partial charge is 0.416 e. The van der Waals surface area contributed by atoms with Crippen molar-refractivity contribution in [3.8, 4) is 0 Å². The number of amides is 1. The minimum Gasteiger partial charge on any atom is -0.395 e. The fraction of sp³-hybridized carbons (Fsp3) is 0.632. The molecule has 1 aromatic rings. The quantitative estimate of drug-likeness (QED) is 0.886. The van der Waals surface area contributed by atoms with Crippen LogP contribution in [0, 0.1) is 5.41 Å². The van der Waals surface area contributed by atoms with Crippen LogP contribution in [0.15, 0.2) is 24.3 Å². The summed E-state index contributed by atoms with van der Waals surface area (Å²) in [5, 5.41) is 9.17.